The van der Waals surface area contributed by atoms with Gasteiger partial charge in [-0.2, -0.15) is 0 Å². The highest BCUT2D eigenvalue weighted by molar-refractivity contribution is 8.00. The molecule has 1 unspecified atom stereocenters. The van der Waals surface area contributed by atoms with Crippen molar-refractivity contribution >= 4 is 74.9 Å². The molecule has 170 valence electrons. The van der Waals surface area contributed by atoms with Crippen LogP contribution in [0.3, 0.4) is 0 Å². The van der Waals surface area contributed by atoms with Crippen LogP contribution in [0.1, 0.15) is 0 Å². The Morgan fingerprint density at radius 3 is 2.28 bits per heavy atom. The minimum atomic E-state index is -2.43. The SMILES string of the molecule is O=C(CSCC(=O)Nc1ccc(NS(=O)[O-])cc1)NNC(=S)Nc1cccc([N+](=O)[O-])c1. The number of nitro benzene ring substituents is 1. The number of rotatable bonds is 9. The number of non-ortho nitro benzene ring substituents is 1. The summed E-state index contributed by atoms with van der Waals surface area (Å²) in [6.07, 6.45) is 0. The monoisotopic (exact) mass is 497 g/mol. The van der Waals surface area contributed by atoms with Crippen LogP contribution in [0.2, 0.25) is 0 Å². The lowest BCUT2D eigenvalue weighted by Gasteiger charge is -2.11. The average Bonchev–Trinajstić information content (AvgIpc) is 2.73. The highest BCUT2D eigenvalue weighted by atomic mass is 32.2. The molecule has 0 aromatic heterocycles. The molecule has 15 heteroatoms. The topological polar surface area (TPSA) is 178 Å². The number of hydrogen-bond acceptors (Lipinski definition) is 8. The molecule has 2 aromatic carbocycles. The van der Waals surface area contributed by atoms with E-state index in [9.17, 15) is 28.5 Å². The summed E-state index contributed by atoms with van der Waals surface area (Å²) >= 11 is 3.64. The van der Waals surface area contributed by atoms with Crippen molar-refractivity contribution in [1.82, 2.24) is 10.9 Å². The highest BCUT2D eigenvalue weighted by Gasteiger charge is 2.09. The second-order valence-electron chi connectivity index (χ2n) is 5.89. The van der Waals surface area contributed by atoms with E-state index in [1.165, 1.54) is 42.5 Å². The first-order chi connectivity index (χ1) is 15.2. The number of benzene rings is 2. The van der Waals surface area contributed by atoms with Gasteiger partial charge in [0.15, 0.2) is 5.11 Å². The molecule has 0 radical (unpaired) electrons. The van der Waals surface area contributed by atoms with Crippen LogP contribution in [0.15, 0.2) is 48.5 Å². The number of hydrogen-bond donors (Lipinski definition) is 5. The Morgan fingerprint density at radius 1 is 0.969 bits per heavy atom. The summed E-state index contributed by atoms with van der Waals surface area (Å²) in [7, 11) is 0. The van der Waals surface area contributed by atoms with Crippen LogP contribution in [0, 0.1) is 10.1 Å². The fourth-order valence-corrected chi connectivity index (χ4v) is 3.29. The van der Waals surface area contributed by atoms with E-state index in [1.54, 1.807) is 6.07 Å². The Balaban J connectivity index is 1.65. The summed E-state index contributed by atoms with van der Waals surface area (Å²) in [5.74, 6) is -0.800. The zero-order valence-corrected chi connectivity index (χ0v) is 18.6. The third-order valence-electron chi connectivity index (χ3n) is 3.47. The number of amides is 2. The van der Waals surface area contributed by atoms with Crippen LogP contribution in [-0.4, -0.2) is 42.1 Å². The summed E-state index contributed by atoms with van der Waals surface area (Å²) in [5, 5.41) is 16.1. The molecule has 2 amide bonds. The number of nitrogens with zero attached hydrogens (tertiary/aromatic N) is 1. The molecule has 12 nitrogen and oxygen atoms in total. The van der Waals surface area contributed by atoms with Crippen molar-refractivity contribution in [3.05, 3.63) is 58.6 Å². The first-order valence-electron chi connectivity index (χ1n) is 8.67. The first-order valence-corrected chi connectivity index (χ1v) is 11.3. The van der Waals surface area contributed by atoms with E-state index in [0.29, 0.717) is 17.1 Å². The van der Waals surface area contributed by atoms with Gasteiger partial charge in [0.1, 0.15) is 0 Å². The predicted octanol–water partition coefficient (Wildman–Crippen LogP) is 1.49. The Morgan fingerprint density at radius 2 is 1.62 bits per heavy atom. The van der Waals surface area contributed by atoms with E-state index in [-0.39, 0.29) is 28.2 Å². The lowest BCUT2D eigenvalue weighted by atomic mass is 10.3. The van der Waals surface area contributed by atoms with Crippen LogP contribution in [0.4, 0.5) is 22.7 Å². The molecule has 0 saturated heterocycles. The number of nitrogens with one attached hydrogen (secondary N) is 5. The minimum absolute atomic E-state index is 0.00831. The average molecular weight is 498 g/mol. The van der Waals surface area contributed by atoms with E-state index >= 15 is 0 Å². The molecular weight excluding hydrogens is 480 g/mol. The third-order valence-corrected chi connectivity index (χ3v) is 5.01. The van der Waals surface area contributed by atoms with Crippen LogP contribution in [0.25, 0.3) is 0 Å². The Hall–Kier alpha value is -3.27. The maximum atomic E-state index is 11.9. The third kappa shape index (κ3) is 9.25. The summed E-state index contributed by atoms with van der Waals surface area (Å²) in [5.41, 5.74) is 5.91. The van der Waals surface area contributed by atoms with E-state index in [2.05, 4.69) is 26.2 Å². The molecular formula is C17H17N6O6S3-. The van der Waals surface area contributed by atoms with Crippen molar-refractivity contribution in [3.8, 4) is 0 Å². The van der Waals surface area contributed by atoms with Crippen molar-refractivity contribution < 1.29 is 23.3 Å². The van der Waals surface area contributed by atoms with Gasteiger partial charge in [0.05, 0.1) is 16.4 Å². The van der Waals surface area contributed by atoms with Crippen LogP contribution in [0.5, 0.6) is 0 Å². The standard InChI is InChI=1S/C17H18N6O6S3/c24-15(18-11-4-6-12(7-5-11)22-32(28)29)9-31-10-16(25)20-21-17(30)19-13-2-1-3-14(8-13)23(26)27/h1-8,22H,9-10H2,(H,18,24)(H,20,25)(H,28,29)(H2,19,21,30)/p-1. The minimum Gasteiger partial charge on any atom is -0.755 e. The van der Waals surface area contributed by atoms with Crippen LogP contribution in [-0.2, 0) is 20.9 Å². The van der Waals surface area contributed by atoms with Gasteiger partial charge in [-0.3, -0.25) is 34.8 Å². The Kier molecular flexibility index (Phi) is 9.80. The number of carbonyl (C=O) groups is 2. The van der Waals surface area contributed by atoms with Gasteiger partial charge >= 0.3 is 0 Å². The molecule has 0 spiro atoms. The number of anilines is 3. The molecule has 0 saturated carbocycles. The molecule has 2 aromatic rings. The molecule has 0 fully saturated rings. The zero-order chi connectivity index (χ0) is 23.5. The Labute approximate surface area is 194 Å². The number of thioether (sulfide) groups is 1. The van der Waals surface area contributed by atoms with Gasteiger partial charge in [0, 0.05) is 40.5 Å². The van der Waals surface area contributed by atoms with Crippen molar-refractivity contribution in [1.29, 1.82) is 0 Å². The fraction of sp³-hybridized carbons (Fsp3) is 0.118. The maximum Gasteiger partial charge on any atom is 0.271 e. The van der Waals surface area contributed by atoms with Crippen molar-refractivity contribution in [3.63, 3.8) is 0 Å². The number of thiocarbonyl (C=S) groups is 1. The quantitative estimate of drug-likeness (QED) is 0.148. The molecule has 5 N–H and O–H groups in total. The van der Waals surface area contributed by atoms with Gasteiger partial charge in [0.2, 0.25) is 11.8 Å². The van der Waals surface area contributed by atoms with Gasteiger partial charge in [-0.05, 0) is 42.5 Å². The molecule has 0 bridgehead atoms. The zero-order valence-electron chi connectivity index (χ0n) is 16.2. The van der Waals surface area contributed by atoms with E-state index in [1.807, 2.05) is 0 Å². The smallest absolute Gasteiger partial charge is 0.271 e. The van der Waals surface area contributed by atoms with Gasteiger partial charge in [-0.25, -0.2) is 0 Å². The molecule has 2 rings (SSSR count). The summed E-state index contributed by atoms with van der Waals surface area (Å²) in [6.45, 7) is 0. The van der Waals surface area contributed by atoms with Crippen molar-refractivity contribution in [2.75, 3.05) is 26.9 Å². The second-order valence-corrected chi connectivity index (χ2v) is 7.96. The predicted molar refractivity (Wildman–Crippen MR) is 126 cm³/mol. The van der Waals surface area contributed by atoms with Crippen LogP contribution >= 0.6 is 24.0 Å². The summed E-state index contributed by atoms with van der Waals surface area (Å²) in [4.78, 5) is 34.0. The number of carbonyl (C=O) groups excluding carboxylic acids is 2. The molecule has 0 aliphatic carbocycles. The molecule has 0 aliphatic rings. The normalized spacial score (nSPS) is 11.0. The molecule has 32 heavy (non-hydrogen) atoms. The summed E-state index contributed by atoms with van der Waals surface area (Å²) < 4.78 is 23.3. The van der Waals surface area contributed by atoms with Gasteiger partial charge < -0.3 is 19.9 Å². The van der Waals surface area contributed by atoms with Gasteiger partial charge in [-0.1, -0.05) is 6.07 Å². The summed E-state index contributed by atoms with van der Waals surface area (Å²) in [6, 6.07) is 11.7. The fourth-order valence-electron chi connectivity index (χ4n) is 2.17. The van der Waals surface area contributed by atoms with Gasteiger partial charge in [0.25, 0.3) is 5.69 Å². The molecule has 0 heterocycles. The van der Waals surface area contributed by atoms with Gasteiger partial charge in [-0.15, -0.1) is 11.8 Å². The molecule has 0 aliphatic heterocycles. The number of hydrazine groups is 1. The number of nitro groups is 1. The lowest BCUT2D eigenvalue weighted by Crippen LogP contribution is -2.44. The first kappa shape index (κ1) is 25.0. The highest BCUT2D eigenvalue weighted by Crippen LogP contribution is 2.17. The Bertz CT molecular complexity index is 1020. The van der Waals surface area contributed by atoms with Crippen LogP contribution < -0.4 is 26.2 Å². The van der Waals surface area contributed by atoms with E-state index < -0.39 is 22.1 Å². The largest absolute Gasteiger partial charge is 0.755 e. The van der Waals surface area contributed by atoms with Crippen molar-refractivity contribution in [2.45, 2.75) is 0 Å². The van der Waals surface area contributed by atoms with E-state index in [0.717, 1.165) is 11.8 Å². The lowest BCUT2D eigenvalue weighted by molar-refractivity contribution is -0.384. The van der Waals surface area contributed by atoms with E-state index in [4.69, 9.17) is 12.2 Å². The maximum absolute atomic E-state index is 11.9. The van der Waals surface area contributed by atoms with Crippen molar-refractivity contribution in [2.24, 2.45) is 0 Å². The molecule has 1 atom stereocenters. The second kappa shape index (κ2) is 12.6.